The number of anilines is 4. The fourth-order valence-corrected chi connectivity index (χ4v) is 3.20. The van der Waals surface area contributed by atoms with Gasteiger partial charge >= 0.3 is 0 Å². The van der Waals surface area contributed by atoms with Crippen molar-refractivity contribution < 1.29 is 9.18 Å². The summed E-state index contributed by atoms with van der Waals surface area (Å²) in [6.07, 6.45) is 7.47. The Labute approximate surface area is 172 Å². The smallest absolute Gasteiger partial charge is 0.254 e. The number of rotatable bonds is 8. The molecule has 0 aliphatic heterocycles. The average Bonchev–Trinajstić information content (AvgIpc) is 2.72. The summed E-state index contributed by atoms with van der Waals surface area (Å²) in [6, 6.07) is 4.21. The predicted octanol–water partition coefficient (Wildman–Crippen LogP) is 2.19. The first-order valence-electron chi connectivity index (χ1n) is 9.51. The highest BCUT2D eigenvalue weighted by Gasteiger charge is 2.23. The highest BCUT2D eigenvalue weighted by molar-refractivity contribution is 6.14. The lowest BCUT2D eigenvalue weighted by molar-refractivity contribution is 0.100. The van der Waals surface area contributed by atoms with Gasteiger partial charge in [0, 0.05) is 30.2 Å². The highest BCUT2D eigenvalue weighted by atomic mass is 19.1. The van der Waals surface area contributed by atoms with Crippen molar-refractivity contribution in [3.63, 3.8) is 0 Å². The van der Waals surface area contributed by atoms with Gasteiger partial charge in [-0.05, 0) is 31.0 Å². The van der Waals surface area contributed by atoms with E-state index in [2.05, 4.69) is 31.1 Å². The van der Waals surface area contributed by atoms with Crippen LogP contribution >= 0.6 is 0 Å². The van der Waals surface area contributed by atoms with Crippen molar-refractivity contribution in [1.82, 2.24) is 9.97 Å². The zero-order valence-corrected chi connectivity index (χ0v) is 16.2. The topological polar surface area (TPSA) is 167 Å². The summed E-state index contributed by atoms with van der Waals surface area (Å²) < 4.78 is 14.0. The minimum atomic E-state index is -0.700. The number of nitrogens with two attached hydrogens (primary N) is 2. The number of nitrogens with zero attached hydrogens (tertiary/aromatic N) is 3. The number of amides is 1. The van der Waals surface area contributed by atoms with Crippen molar-refractivity contribution in [2.24, 2.45) is 16.6 Å². The second-order valence-electron chi connectivity index (χ2n) is 6.90. The van der Waals surface area contributed by atoms with Gasteiger partial charge in [-0.25, -0.2) is 9.37 Å². The van der Waals surface area contributed by atoms with Crippen LogP contribution in [0, 0.1) is 11.2 Å². The number of benzene rings is 1. The summed E-state index contributed by atoms with van der Waals surface area (Å²) in [5.74, 6) is -0.727. The molecule has 0 unspecified atom stereocenters. The van der Waals surface area contributed by atoms with Crippen LogP contribution in [-0.4, -0.2) is 40.4 Å². The largest absolute Gasteiger partial charge is 0.365 e. The zero-order chi connectivity index (χ0) is 21.5. The van der Waals surface area contributed by atoms with Gasteiger partial charge in [-0.1, -0.05) is 12.8 Å². The molecule has 0 bridgehead atoms. The molecule has 0 spiro atoms. The average molecular weight is 413 g/mol. The summed E-state index contributed by atoms with van der Waals surface area (Å²) in [6.45, 7) is 0. The van der Waals surface area contributed by atoms with E-state index in [1.165, 1.54) is 30.6 Å². The van der Waals surface area contributed by atoms with Gasteiger partial charge in [-0.3, -0.25) is 10.2 Å². The van der Waals surface area contributed by atoms with Crippen molar-refractivity contribution >= 4 is 41.5 Å². The van der Waals surface area contributed by atoms with Crippen LogP contribution < -0.4 is 27.5 Å². The van der Waals surface area contributed by atoms with E-state index in [0.29, 0.717) is 11.6 Å². The molecule has 30 heavy (non-hydrogen) atoms. The first kappa shape index (κ1) is 21.1. The molecule has 1 aliphatic carbocycles. The first-order valence-corrected chi connectivity index (χ1v) is 9.51. The maximum atomic E-state index is 14.0. The van der Waals surface area contributed by atoms with Crippen LogP contribution in [0.3, 0.4) is 0 Å². The number of hydrogen-bond acceptors (Lipinski definition) is 9. The summed E-state index contributed by atoms with van der Waals surface area (Å²) in [5, 5.41) is 16.8. The lowest BCUT2D eigenvalue weighted by Crippen LogP contribution is -2.43. The number of primary amides is 1. The lowest BCUT2D eigenvalue weighted by atomic mass is 9.91. The molecular weight excluding hydrogens is 389 g/mol. The Morgan fingerprint density at radius 2 is 2.13 bits per heavy atom. The van der Waals surface area contributed by atoms with Crippen LogP contribution in [0.1, 0.15) is 36.0 Å². The van der Waals surface area contributed by atoms with Crippen molar-refractivity contribution in [1.29, 1.82) is 5.41 Å². The van der Waals surface area contributed by atoms with Gasteiger partial charge in [-0.2, -0.15) is 10.1 Å². The molecule has 1 aromatic heterocycles. The number of nitrogens with one attached hydrogen (secondary N) is 4. The van der Waals surface area contributed by atoms with Crippen molar-refractivity contribution in [3.8, 4) is 0 Å². The van der Waals surface area contributed by atoms with Gasteiger partial charge in [0.05, 0.1) is 11.9 Å². The van der Waals surface area contributed by atoms with Gasteiger partial charge in [0.15, 0.2) is 0 Å². The molecule has 1 heterocycles. The molecule has 11 heteroatoms. The van der Waals surface area contributed by atoms with E-state index in [-0.39, 0.29) is 29.2 Å². The van der Waals surface area contributed by atoms with Crippen LogP contribution in [0.5, 0.6) is 0 Å². The molecule has 1 aromatic carbocycles. The van der Waals surface area contributed by atoms with Crippen LogP contribution in [0.4, 0.5) is 27.5 Å². The van der Waals surface area contributed by atoms with E-state index in [9.17, 15) is 9.18 Å². The van der Waals surface area contributed by atoms with Crippen LogP contribution in [0.2, 0.25) is 0 Å². The fraction of sp³-hybridized carbons (Fsp3) is 0.316. The molecule has 0 saturated heterocycles. The molecule has 2 atom stereocenters. The van der Waals surface area contributed by atoms with E-state index in [0.717, 1.165) is 31.9 Å². The second kappa shape index (κ2) is 9.74. The Bertz CT molecular complexity index is 950. The Morgan fingerprint density at radius 3 is 2.87 bits per heavy atom. The molecule has 1 aliphatic rings. The maximum absolute atomic E-state index is 14.0. The van der Waals surface area contributed by atoms with E-state index in [1.54, 1.807) is 0 Å². The first-order chi connectivity index (χ1) is 14.5. The third kappa shape index (κ3) is 5.26. The summed E-state index contributed by atoms with van der Waals surface area (Å²) in [7, 11) is 0. The summed E-state index contributed by atoms with van der Waals surface area (Å²) >= 11 is 0. The Balaban J connectivity index is 1.84. The van der Waals surface area contributed by atoms with E-state index < -0.39 is 11.7 Å². The molecule has 0 radical (unpaired) electrons. The molecule has 158 valence electrons. The van der Waals surface area contributed by atoms with Crippen molar-refractivity contribution in [3.05, 3.63) is 35.8 Å². The number of hydrogen-bond donors (Lipinski definition) is 6. The summed E-state index contributed by atoms with van der Waals surface area (Å²) in [4.78, 5) is 20.4. The summed E-state index contributed by atoms with van der Waals surface area (Å²) in [5.41, 5.74) is 14.7. The lowest BCUT2D eigenvalue weighted by Gasteiger charge is -2.29. The Kier molecular flexibility index (Phi) is 6.86. The minimum Gasteiger partial charge on any atom is -0.365 e. The molecule has 10 nitrogen and oxygen atoms in total. The number of aromatic nitrogens is 2. The maximum Gasteiger partial charge on any atom is 0.254 e. The third-order valence-corrected chi connectivity index (χ3v) is 4.75. The van der Waals surface area contributed by atoms with Crippen LogP contribution in [-0.2, 0) is 0 Å². The van der Waals surface area contributed by atoms with Crippen molar-refractivity contribution in [2.45, 2.75) is 37.8 Å². The van der Waals surface area contributed by atoms with Crippen LogP contribution in [0.25, 0.3) is 0 Å². The van der Waals surface area contributed by atoms with E-state index in [4.69, 9.17) is 16.9 Å². The van der Waals surface area contributed by atoms with Gasteiger partial charge in [0.1, 0.15) is 17.2 Å². The molecule has 1 saturated carbocycles. The number of carbonyl (C=O) groups is 1. The Hall–Kier alpha value is -3.60. The van der Waals surface area contributed by atoms with Gasteiger partial charge < -0.3 is 27.5 Å². The van der Waals surface area contributed by atoms with Gasteiger partial charge in [-0.15, -0.1) is 0 Å². The van der Waals surface area contributed by atoms with E-state index in [1.807, 2.05) is 0 Å². The molecular formula is C19H24FN9O. The van der Waals surface area contributed by atoms with Gasteiger partial charge in [0.2, 0.25) is 5.95 Å². The highest BCUT2D eigenvalue weighted by Crippen LogP contribution is 2.25. The molecule has 8 N–H and O–H groups in total. The SMILES string of the molecule is N=C/C=N\Nc1cc(Nc2nc(N[C@@H]3CCCC[C@@H]3N)ncc2C(N)=O)ccc1F. The number of carbonyl (C=O) groups excluding carboxylic acids is 1. The Morgan fingerprint density at radius 1 is 1.33 bits per heavy atom. The minimum absolute atomic E-state index is 0.00169. The molecule has 1 fully saturated rings. The second-order valence-corrected chi connectivity index (χ2v) is 6.90. The van der Waals surface area contributed by atoms with Crippen molar-refractivity contribution in [2.75, 3.05) is 16.1 Å². The zero-order valence-electron chi connectivity index (χ0n) is 16.2. The molecule has 1 amide bonds. The molecule has 2 aromatic rings. The fourth-order valence-electron chi connectivity index (χ4n) is 3.20. The normalized spacial score (nSPS) is 18.7. The quantitative estimate of drug-likeness (QED) is 0.285. The number of halogens is 1. The molecule has 3 rings (SSSR count). The monoisotopic (exact) mass is 413 g/mol. The van der Waals surface area contributed by atoms with Crippen LogP contribution in [0.15, 0.2) is 29.5 Å². The standard InChI is InChI=1S/C19H24FN9O/c20-13-6-5-11(9-16(13)29-25-8-7-21)26-18-12(17(23)30)10-24-19(28-18)27-15-4-2-1-3-14(15)22/h5-10,14-15,21,29H,1-4,22H2,(H2,23,30)(H2,24,26,27,28)/b21-7?,25-8-/t14-,15+/m0/s1. The predicted molar refractivity (Wildman–Crippen MR) is 115 cm³/mol. The van der Waals surface area contributed by atoms with E-state index >= 15 is 0 Å². The van der Waals surface area contributed by atoms with Gasteiger partial charge in [0.25, 0.3) is 5.91 Å². The number of hydrazone groups is 1. The third-order valence-electron chi connectivity index (χ3n) is 4.75.